The van der Waals surface area contributed by atoms with Gasteiger partial charge in [0.2, 0.25) is 5.91 Å². The summed E-state index contributed by atoms with van der Waals surface area (Å²) in [4.78, 5) is 28.9. The number of likely N-dealkylation sites (tertiary alicyclic amines) is 1. The second-order valence-electron chi connectivity index (χ2n) is 6.60. The van der Waals surface area contributed by atoms with E-state index in [9.17, 15) is 9.59 Å². The van der Waals surface area contributed by atoms with Gasteiger partial charge in [0.05, 0.1) is 5.41 Å². The molecule has 24 heavy (non-hydrogen) atoms. The van der Waals surface area contributed by atoms with Gasteiger partial charge in [-0.1, -0.05) is 0 Å². The van der Waals surface area contributed by atoms with Crippen LogP contribution in [0.3, 0.4) is 0 Å². The van der Waals surface area contributed by atoms with Gasteiger partial charge in [-0.05, 0) is 25.3 Å². The van der Waals surface area contributed by atoms with Crippen LogP contribution >= 0.6 is 0 Å². The number of carbonyl (C=O) groups is 2. The molecule has 8 heteroatoms. The molecule has 2 aliphatic rings. The lowest BCUT2D eigenvalue weighted by atomic mass is 9.77. The number of carbonyl (C=O) groups excluding carboxylic acids is 2. The van der Waals surface area contributed by atoms with Crippen LogP contribution in [0.2, 0.25) is 0 Å². The number of aromatic amines is 1. The Morgan fingerprint density at radius 2 is 1.96 bits per heavy atom. The van der Waals surface area contributed by atoms with E-state index in [4.69, 9.17) is 0 Å². The first-order valence-corrected chi connectivity index (χ1v) is 8.19. The maximum Gasteiger partial charge on any atom is 0.271 e. The lowest BCUT2D eigenvalue weighted by Crippen LogP contribution is -2.46. The Bertz CT molecular complexity index is 757. The molecule has 0 unspecified atom stereocenters. The van der Waals surface area contributed by atoms with Gasteiger partial charge < -0.3 is 4.90 Å². The highest BCUT2D eigenvalue weighted by Gasteiger charge is 2.49. The van der Waals surface area contributed by atoms with E-state index in [2.05, 4.69) is 15.3 Å². The summed E-state index contributed by atoms with van der Waals surface area (Å²) in [5.74, 6) is 0.819. The summed E-state index contributed by atoms with van der Waals surface area (Å²) in [7, 11) is 1.85. The van der Waals surface area contributed by atoms with Crippen molar-refractivity contribution in [1.29, 1.82) is 0 Å². The van der Waals surface area contributed by atoms with Crippen molar-refractivity contribution in [3.63, 3.8) is 0 Å². The maximum absolute atomic E-state index is 13.0. The van der Waals surface area contributed by atoms with Crippen molar-refractivity contribution in [2.45, 2.75) is 19.3 Å². The molecule has 1 N–H and O–H groups in total. The molecule has 2 amide bonds. The number of hydrogen-bond donors (Lipinski definition) is 1. The van der Waals surface area contributed by atoms with Crippen LogP contribution in [0.1, 0.15) is 29.8 Å². The van der Waals surface area contributed by atoms with Crippen LogP contribution < -0.4 is 4.90 Å². The quantitative estimate of drug-likeness (QED) is 0.883. The Morgan fingerprint density at radius 1 is 1.21 bits per heavy atom. The van der Waals surface area contributed by atoms with Gasteiger partial charge in [0.15, 0.2) is 5.82 Å². The molecule has 0 aromatic carbocycles. The molecular weight excluding hydrogens is 308 g/mol. The Kier molecular flexibility index (Phi) is 3.40. The molecule has 8 nitrogen and oxygen atoms in total. The SMILES string of the molecule is Cn1ccc(N2CCC3(CCN(C(=O)c4ccn[nH]4)CC3)C2=O)n1. The zero-order valence-electron chi connectivity index (χ0n) is 13.6. The summed E-state index contributed by atoms with van der Waals surface area (Å²) in [6, 6.07) is 3.55. The fraction of sp³-hybridized carbons (Fsp3) is 0.500. The predicted octanol–water partition coefficient (Wildman–Crippen LogP) is 0.802. The third-order valence-electron chi connectivity index (χ3n) is 5.23. The van der Waals surface area contributed by atoms with E-state index < -0.39 is 0 Å². The molecule has 4 rings (SSSR count). The van der Waals surface area contributed by atoms with Crippen LogP contribution in [-0.2, 0) is 11.8 Å². The van der Waals surface area contributed by atoms with E-state index in [0.717, 1.165) is 12.2 Å². The van der Waals surface area contributed by atoms with Crippen molar-refractivity contribution < 1.29 is 9.59 Å². The monoisotopic (exact) mass is 328 g/mol. The van der Waals surface area contributed by atoms with Gasteiger partial charge in [-0.2, -0.15) is 10.2 Å². The summed E-state index contributed by atoms with van der Waals surface area (Å²) in [6.07, 6.45) is 5.65. The van der Waals surface area contributed by atoms with Crippen molar-refractivity contribution in [1.82, 2.24) is 24.9 Å². The summed E-state index contributed by atoms with van der Waals surface area (Å²) in [6.45, 7) is 1.89. The Hall–Kier alpha value is -2.64. The van der Waals surface area contributed by atoms with Crippen LogP contribution in [0.5, 0.6) is 0 Å². The third-order valence-corrected chi connectivity index (χ3v) is 5.23. The number of nitrogens with one attached hydrogen (secondary N) is 1. The molecule has 0 saturated carbocycles. The highest BCUT2D eigenvalue weighted by Crippen LogP contribution is 2.42. The van der Waals surface area contributed by atoms with Crippen LogP contribution in [0.25, 0.3) is 0 Å². The van der Waals surface area contributed by atoms with Gasteiger partial charge in [-0.25, -0.2) is 0 Å². The smallest absolute Gasteiger partial charge is 0.271 e. The van der Waals surface area contributed by atoms with Crippen molar-refractivity contribution in [3.05, 3.63) is 30.2 Å². The van der Waals surface area contributed by atoms with E-state index in [1.54, 1.807) is 26.7 Å². The summed E-state index contributed by atoms with van der Waals surface area (Å²) in [5, 5.41) is 10.9. The van der Waals surface area contributed by atoms with Gasteiger partial charge in [0.25, 0.3) is 5.91 Å². The first-order chi connectivity index (χ1) is 11.6. The van der Waals surface area contributed by atoms with Crippen molar-refractivity contribution in [3.8, 4) is 0 Å². The van der Waals surface area contributed by atoms with Crippen LogP contribution in [0.15, 0.2) is 24.5 Å². The molecule has 2 aromatic heterocycles. The number of amides is 2. The number of rotatable bonds is 2. The van der Waals surface area contributed by atoms with E-state index in [-0.39, 0.29) is 17.2 Å². The molecule has 2 saturated heterocycles. The predicted molar refractivity (Wildman–Crippen MR) is 86.3 cm³/mol. The largest absolute Gasteiger partial charge is 0.337 e. The topological polar surface area (TPSA) is 87.1 Å². The van der Waals surface area contributed by atoms with Crippen molar-refractivity contribution in [2.75, 3.05) is 24.5 Å². The van der Waals surface area contributed by atoms with Crippen molar-refractivity contribution in [2.24, 2.45) is 12.5 Å². The van der Waals surface area contributed by atoms with E-state index in [1.165, 1.54) is 0 Å². The summed E-state index contributed by atoms with van der Waals surface area (Å²) < 4.78 is 1.71. The molecule has 0 bridgehead atoms. The third kappa shape index (κ3) is 2.29. The number of piperidine rings is 1. The minimum Gasteiger partial charge on any atom is -0.337 e. The molecule has 2 fully saturated rings. The fourth-order valence-corrected chi connectivity index (χ4v) is 3.73. The van der Waals surface area contributed by atoms with E-state index >= 15 is 0 Å². The number of nitrogens with zero attached hydrogens (tertiary/aromatic N) is 5. The molecule has 0 aliphatic carbocycles. The molecular formula is C16H20N6O2. The Balaban J connectivity index is 1.45. The number of aryl methyl sites for hydroxylation is 1. The van der Waals surface area contributed by atoms with Gasteiger partial charge in [-0.15, -0.1) is 0 Å². The lowest BCUT2D eigenvalue weighted by molar-refractivity contribution is -0.127. The highest BCUT2D eigenvalue weighted by atomic mass is 16.2. The standard InChI is InChI=1S/C16H20N6O2/c1-20-8-3-13(19-20)22-11-6-16(15(22)24)4-9-21(10-5-16)14(23)12-2-7-17-18-12/h2-3,7-8H,4-6,9-11H2,1H3,(H,17,18). The summed E-state index contributed by atoms with van der Waals surface area (Å²) in [5.41, 5.74) is 0.154. The van der Waals surface area contributed by atoms with E-state index in [0.29, 0.717) is 38.2 Å². The first kappa shape index (κ1) is 14.9. The number of aromatic nitrogens is 4. The Morgan fingerprint density at radius 3 is 2.58 bits per heavy atom. The van der Waals surface area contributed by atoms with Gasteiger partial charge >= 0.3 is 0 Å². The molecule has 0 atom stereocenters. The van der Waals surface area contributed by atoms with Crippen LogP contribution in [0.4, 0.5) is 5.82 Å². The Labute approximate surface area is 139 Å². The normalized spacial score (nSPS) is 20.1. The van der Waals surface area contributed by atoms with Crippen molar-refractivity contribution >= 4 is 17.6 Å². The number of hydrogen-bond acceptors (Lipinski definition) is 4. The van der Waals surface area contributed by atoms with Gasteiger partial charge in [0.1, 0.15) is 5.69 Å². The second-order valence-corrected chi connectivity index (χ2v) is 6.60. The van der Waals surface area contributed by atoms with Crippen LogP contribution in [-0.4, -0.2) is 56.3 Å². The number of H-pyrrole nitrogens is 1. The van der Waals surface area contributed by atoms with E-state index in [1.807, 2.05) is 19.3 Å². The summed E-state index contributed by atoms with van der Waals surface area (Å²) >= 11 is 0. The lowest BCUT2D eigenvalue weighted by Gasteiger charge is -2.37. The zero-order chi connectivity index (χ0) is 16.7. The van der Waals surface area contributed by atoms with Gasteiger partial charge in [-0.3, -0.25) is 24.3 Å². The van der Waals surface area contributed by atoms with Crippen LogP contribution in [0, 0.1) is 5.41 Å². The molecule has 2 aromatic rings. The molecule has 4 heterocycles. The molecule has 0 radical (unpaired) electrons. The zero-order valence-corrected chi connectivity index (χ0v) is 13.6. The molecule has 2 aliphatic heterocycles. The molecule has 126 valence electrons. The molecule has 1 spiro atoms. The second kappa shape index (κ2) is 5.47. The number of anilines is 1. The highest BCUT2D eigenvalue weighted by molar-refractivity contribution is 5.99. The average Bonchev–Trinajstić information content (AvgIpc) is 3.31. The average molecular weight is 328 g/mol. The fourth-order valence-electron chi connectivity index (χ4n) is 3.73. The first-order valence-electron chi connectivity index (χ1n) is 8.19. The minimum absolute atomic E-state index is 0.0469. The minimum atomic E-state index is -0.345. The van der Waals surface area contributed by atoms with Gasteiger partial charge in [0, 0.05) is 45.1 Å². The maximum atomic E-state index is 13.0.